The minimum Gasteiger partial charge on any atom is -0.465 e. The summed E-state index contributed by atoms with van der Waals surface area (Å²) < 4.78 is 8.03. The van der Waals surface area contributed by atoms with Crippen molar-refractivity contribution >= 4 is 22.9 Å². The number of carbonyl (C=O) groups is 1. The fourth-order valence-electron chi connectivity index (χ4n) is 6.91. The number of nitrogens with two attached hydrogens (primary N) is 1. The molecule has 40 heavy (non-hydrogen) atoms. The Morgan fingerprint density at radius 1 is 0.850 bits per heavy atom. The van der Waals surface area contributed by atoms with Crippen molar-refractivity contribution in [3.05, 3.63) is 60.9 Å². The van der Waals surface area contributed by atoms with E-state index in [0.717, 1.165) is 72.6 Å². The van der Waals surface area contributed by atoms with Gasteiger partial charge in [0.25, 0.3) is 0 Å². The van der Waals surface area contributed by atoms with Crippen molar-refractivity contribution in [2.24, 2.45) is 11.8 Å². The molecule has 1 saturated carbocycles. The molecule has 2 atom stereocenters. The highest BCUT2D eigenvalue weighted by atomic mass is 16.5. The molecule has 2 aromatic carbocycles. The molecule has 0 spiro atoms. The van der Waals surface area contributed by atoms with E-state index in [1.807, 2.05) is 54.6 Å². The average Bonchev–Trinajstić information content (AvgIpc) is 3.67. The van der Waals surface area contributed by atoms with E-state index in [0.29, 0.717) is 36.8 Å². The van der Waals surface area contributed by atoms with Gasteiger partial charge in [0.05, 0.1) is 11.4 Å². The lowest BCUT2D eigenvalue weighted by Crippen LogP contribution is -2.39. The minimum absolute atomic E-state index is 0.243. The summed E-state index contributed by atoms with van der Waals surface area (Å²) in [5.41, 5.74) is 8.88. The first-order valence-corrected chi connectivity index (χ1v) is 14.1. The molecule has 3 N–H and O–H groups in total. The largest absolute Gasteiger partial charge is 0.465 e. The van der Waals surface area contributed by atoms with Gasteiger partial charge in [-0.2, -0.15) is 5.10 Å². The molecular formula is C30H33N7O3. The molecule has 206 valence electrons. The smallest absolute Gasteiger partial charge is 0.407 e. The molecule has 1 aliphatic carbocycles. The van der Waals surface area contributed by atoms with Crippen LogP contribution in [0.1, 0.15) is 31.7 Å². The van der Waals surface area contributed by atoms with Gasteiger partial charge in [0.2, 0.25) is 0 Å². The van der Waals surface area contributed by atoms with E-state index < -0.39 is 6.09 Å². The molecule has 0 radical (unpaired) electrons. The van der Waals surface area contributed by atoms with E-state index in [1.54, 1.807) is 4.90 Å². The van der Waals surface area contributed by atoms with Gasteiger partial charge in [-0.25, -0.2) is 19.4 Å². The first-order valence-electron chi connectivity index (χ1n) is 14.1. The molecule has 3 aliphatic rings. The van der Waals surface area contributed by atoms with Crippen LogP contribution < -0.4 is 10.5 Å². The van der Waals surface area contributed by atoms with Gasteiger partial charge in [0.15, 0.2) is 5.65 Å². The molecule has 7 rings (SSSR count). The summed E-state index contributed by atoms with van der Waals surface area (Å²) in [4.78, 5) is 24.4. The molecule has 4 aromatic rings. The lowest BCUT2D eigenvalue weighted by molar-refractivity contribution is 0.132. The van der Waals surface area contributed by atoms with Crippen molar-refractivity contribution in [3.63, 3.8) is 0 Å². The van der Waals surface area contributed by atoms with E-state index >= 15 is 0 Å². The standard InChI is InChI=1S/C30H33N7O3/c31-28-26-27(19-6-12-25(13-7-19)40-24-4-2-1-3-5-24)34-37(29(26)33-18-32-28)23-10-8-22(9-11-23)35-14-20-16-36(30(38)39)17-21(20)15-35/h1-7,12-13,18,20-23H,8-11,14-17H2,(H,38,39)(H2,31,32,33). The number of ether oxygens (including phenoxy) is 1. The Labute approximate surface area is 232 Å². The second-order valence-corrected chi connectivity index (χ2v) is 11.3. The lowest BCUT2D eigenvalue weighted by atomic mass is 9.90. The number of nitrogen functional groups attached to an aromatic ring is 1. The van der Waals surface area contributed by atoms with E-state index in [1.165, 1.54) is 6.33 Å². The molecule has 4 heterocycles. The second kappa shape index (κ2) is 10.1. The fraction of sp³-hybridized carbons (Fsp3) is 0.400. The highest BCUT2D eigenvalue weighted by molar-refractivity contribution is 5.98. The number of amides is 1. The Morgan fingerprint density at radius 3 is 2.17 bits per heavy atom. The third kappa shape index (κ3) is 4.52. The van der Waals surface area contributed by atoms with Gasteiger partial charge in [-0.1, -0.05) is 18.2 Å². The average molecular weight is 540 g/mol. The zero-order valence-electron chi connectivity index (χ0n) is 22.3. The maximum absolute atomic E-state index is 11.4. The molecule has 2 aromatic heterocycles. The first kappa shape index (κ1) is 24.8. The van der Waals surface area contributed by atoms with Crippen LogP contribution in [-0.4, -0.2) is 73.0 Å². The highest BCUT2D eigenvalue weighted by Crippen LogP contribution is 2.40. The van der Waals surface area contributed by atoms with Gasteiger partial charge in [-0.3, -0.25) is 4.90 Å². The van der Waals surface area contributed by atoms with Crippen molar-refractivity contribution in [1.82, 2.24) is 29.5 Å². The maximum Gasteiger partial charge on any atom is 0.407 e. The zero-order valence-corrected chi connectivity index (χ0v) is 22.3. The Balaban J connectivity index is 1.07. The van der Waals surface area contributed by atoms with Crippen LogP contribution in [-0.2, 0) is 0 Å². The van der Waals surface area contributed by atoms with Crippen LogP contribution >= 0.6 is 0 Å². The summed E-state index contributed by atoms with van der Waals surface area (Å²) in [6, 6.07) is 18.4. The number of para-hydroxylation sites is 1. The highest BCUT2D eigenvalue weighted by Gasteiger charge is 2.44. The molecule has 10 nitrogen and oxygen atoms in total. The number of anilines is 1. The number of likely N-dealkylation sites (tertiary alicyclic amines) is 2. The Hall–Kier alpha value is -4.18. The van der Waals surface area contributed by atoms with Gasteiger partial charge in [0, 0.05) is 37.8 Å². The summed E-state index contributed by atoms with van der Waals surface area (Å²) in [5.74, 6) is 2.91. The lowest BCUT2D eigenvalue weighted by Gasteiger charge is -2.35. The summed E-state index contributed by atoms with van der Waals surface area (Å²) in [5, 5.41) is 15.2. The third-order valence-corrected chi connectivity index (χ3v) is 8.94. The van der Waals surface area contributed by atoms with E-state index in [-0.39, 0.29) is 6.04 Å². The molecule has 0 bridgehead atoms. The van der Waals surface area contributed by atoms with Gasteiger partial charge < -0.3 is 20.5 Å². The predicted octanol–water partition coefficient (Wildman–Crippen LogP) is 4.89. The SMILES string of the molecule is Nc1ncnc2c1c(-c1ccc(Oc3ccccc3)cc1)nn2C1CCC(N2CC3CN(C(=O)O)CC3C2)CC1. The Morgan fingerprint density at radius 2 is 1.50 bits per heavy atom. The van der Waals surface area contributed by atoms with Crippen LogP contribution in [0.3, 0.4) is 0 Å². The van der Waals surface area contributed by atoms with Crippen LogP contribution in [0, 0.1) is 11.8 Å². The van der Waals surface area contributed by atoms with Crippen LogP contribution in [0.4, 0.5) is 10.6 Å². The molecular weight excluding hydrogens is 506 g/mol. The van der Waals surface area contributed by atoms with Crippen LogP contribution in [0.25, 0.3) is 22.3 Å². The van der Waals surface area contributed by atoms with E-state index in [9.17, 15) is 9.90 Å². The summed E-state index contributed by atoms with van der Waals surface area (Å²) >= 11 is 0. The monoisotopic (exact) mass is 539 g/mol. The number of carboxylic acid groups (broad SMARTS) is 1. The molecule has 2 saturated heterocycles. The van der Waals surface area contributed by atoms with E-state index in [2.05, 4.69) is 19.5 Å². The third-order valence-electron chi connectivity index (χ3n) is 8.94. The molecule has 1 amide bonds. The number of hydrogen-bond donors (Lipinski definition) is 2. The number of nitrogens with zero attached hydrogens (tertiary/aromatic N) is 6. The molecule has 2 unspecified atom stereocenters. The fourth-order valence-corrected chi connectivity index (χ4v) is 6.91. The Kier molecular flexibility index (Phi) is 6.27. The van der Waals surface area contributed by atoms with E-state index in [4.69, 9.17) is 15.6 Å². The minimum atomic E-state index is -0.784. The summed E-state index contributed by atoms with van der Waals surface area (Å²) in [6.45, 7) is 3.36. The zero-order chi connectivity index (χ0) is 27.2. The Bertz CT molecular complexity index is 1500. The number of aromatic nitrogens is 4. The van der Waals surface area contributed by atoms with Crippen molar-refractivity contribution < 1.29 is 14.6 Å². The van der Waals surface area contributed by atoms with Crippen LogP contribution in [0.5, 0.6) is 11.5 Å². The van der Waals surface area contributed by atoms with Gasteiger partial charge in [-0.15, -0.1) is 0 Å². The van der Waals surface area contributed by atoms with Gasteiger partial charge in [-0.05, 0) is 73.9 Å². The first-order chi connectivity index (χ1) is 19.5. The number of rotatable bonds is 5. The molecule has 2 aliphatic heterocycles. The number of fused-ring (bicyclic) bond motifs is 2. The van der Waals surface area contributed by atoms with Crippen molar-refractivity contribution in [3.8, 4) is 22.8 Å². The van der Waals surface area contributed by atoms with Crippen LogP contribution in [0.2, 0.25) is 0 Å². The maximum atomic E-state index is 11.4. The van der Waals surface area contributed by atoms with Crippen molar-refractivity contribution in [2.45, 2.75) is 37.8 Å². The quantitative estimate of drug-likeness (QED) is 0.367. The van der Waals surface area contributed by atoms with Gasteiger partial charge >= 0.3 is 6.09 Å². The molecule has 3 fully saturated rings. The topological polar surface area (TPSA) is 123 Å². The molecule has 10 heteroatoms. The summed E-state index contributed by atoms with van der Waals surface area (Å²) in [7, 11) is 0. The van der Waals surface area contributed by atoms with Crippen LogP contribution in [0.15, 0.2) is 60.9 Å². The number of hydrogen-bond acceptors (Lipinski definition) is 7. The normalized spacial score (nSPS) is 24.9. The van der Waals surface area contributed by atoms with Crippen molar-refractivity contribution in [1.29, 1.82) is 0 Å². The number of benzene rings is 2. The van der Waals surface area contributed by atoms with Crippen molar-refractivity contribution in [2.75, 3.05) is 31.9 Å². The summed E-state index contributed by atoms with van der Waals surface area (Å²) in [6.07, 6.45) is 4.95. The van der Waals surface area contributed by atoms with Gasteiger partial charge in [0.1, 0.15) is 29.3 Å². The second-order valence-electron chi connectivity index (χ2n) is 11.3. The predicted molar refractivity (Wildman–Crippen MR) is 151 cm³/mol.